The Labute approximate surface area is 218 Å². The Kier molecular flexibility index (Phi) is 4.22. The zero-order valence-corrected chi connectivity index (χ0v) is 23.5. The van der Waals surface area contributed by atoms with Crippen LogP contribution in [0.2, 0.25) is 0 Å². The Morgan fingerprint density at radius 3 is 2.17 bits per heavy atom. The van der Waals surface area contributed by atoms with E-state index < -0.39 is 0 Å². The fourth-order valence-corrected chi connectivity index (χ4v) is 8.17. The third kappa shape index (κ3) is 2.59. The van der Waals surface area contributed by atoms with Gasteiger partial charge in [0.2, 0.25) is 6.71 Å². The minimum absolute atomic E-state index is 0.0989. The van der Waals surface area contributed by atoms with Crippen LogP contribution in [-0.4, -0.2) is 12.3 Å². The molecule has 2 atom stereocenters. The van der Waals surface area contributed by atoms with Gasteiger partial charge >= 0.3 is 0 Å². The van der Waals surface area contributed by atoms with Gasteiger partial charge < -0.3 is 4.90 Å². The van der Waals surface area contributed by atoms with Crippen LogP contribution in [0.5, 0.6) is 0 Å². The molecule has 1 fully saturated rings. The third-order valence-corrected chi connectivity index (χ3v) is 10.5. The van der Waals surface area contributed by atoms with E-state index in [0.717, 1.165) is 0 Å². The predicted molar refractivity (Wildman–Crippen MR) is 157 cm³/mol. The van der Waals surface area contributed by atoms with Crippen LogP contribution >= 0.6 is 0 Å². The van der Waals surface area contributed by atoms with E-state index in [1.54, 1.807) is 11.0 Å². The van der Waals surface area contributed by atoms with E-state index in [1.807, 2.05) is 0 Å². The van der Waals surface area contributed by atoms with Crippen LogP contribution in [0.4, 0.5) is 11.4 Å². The van der Waals surface area contributed by atoms with E-state index in [0.29, 0.717) is 6.71 Å². The first-order chi connectivity index (χ1) is 16.9. The Balaban J connectivity index is 1.61. The van der Waals surface area contributed by atoms with Crippen LogP contribution in [0.3, 0.4) is 0 Å². The zero-order chi connectivity index (χ0) is 25.4. The first-order valence-electron chi connectivity index (χ1n) is 14.1. The molecule has 1 aliphatic carbocycles. The molecule has 7 rings (SSSR count). The van der Waals surface area contributed by atoms with Crippen LogP contribution in [-0.2, 0) is 16.2 Å². The van der Waals surface area contributed by atoms with Gasteiger partial charge in [-0.05, 0) is 75.4 Å². The maximum absolute atomic E-state index is 2.85. The van der Waals surface area contributed by atoms with E-state index in [4.69, 9.17) is 0 Å². The number of para-hydroxylation sites is 1. The van der Waals surface area contributed by atoms with Gasteiger partial charge in [0.1, 0.15) is 0 Å². The summed E-state index contributed by atoms with van der Waals surface area (Å²) in [6.07, 6.45) is 5.21. The van der Waals surface area contributed by atoms with Gasteiger partial charge in [-0.2, -0.15) is 0 Å². The van der Waals surface area contributed by atoms with Crippen molar-refractivity contribution in [3.63, 3.8) is 0 Å². The monoisotopic (exact) mass is 473 g/mol. The van der Waals surface area contributed by atoms with Crippen molar-refractivity contribution in [2.24, 2.45) is 0 Å². The summed E-state index contributed by atoms with van der Waals surface area (Å²) in [4.78, 5) is 2.85. The average Bonchev–Trinajstić information content (AvgIpc) is 3.25. The van der Waals surface area contributed by atoms with E-state index in [2.05, 4.69) is 109 Å². The molecule has 3 aromatic rings. The zero-order valence-electron chi connectivity index (χ0n) is 23.5. The first-order valence-corrected chi connectivity index (χ1v) is 14.1. The molecule has 3 heterocycles. The summed E-state index contributed by atoms with van der Waals surface area (Å²) in [7, 11) is 0. The molecule has 0 amide bonds. The van der Waals surface area contributed by atoms with Gasteiger partial charge in [0.25, 0.3) is 0 Å². The van der Waals surface area contributed by atoms with Crippen molar-refractivity contribution in [1.82, 2.24) is 0 Å². The lowest BCUT2D eigenvalue weighted by Gasteiger charge is -2.51. The summed E-state index contributed by atoms with van der Waals surface area (Å²) in [6.45, 7) is 19.6. The molecule has 0 spiro atoms. The highest BCUT2D eigenvalue weighted by molar-refractivity contribution is 7.01. The van der Waals surface area contributed by atoms with Gasteiger partial charge in [0.15, 0.2) is 0 Å². The number of anilines is 2. The molecule has 2 unspecified atom stereocenters. The quantitative estimate of drug-likeness (QED) is 0.253. The first kappa shape index (κ1) is 22.7. The molecule has 0 N–H and O–H groups in total. The number of benzene rings is 3. The molecular formula is C34H40BN. The molecule has 4 aliphatic rings. The molecule has 3 aliphatic heterocycles. The Bertz CT molecular complexity index is 1450. The van der Waals surface area contributed by atoms with Gasteiger partial charge in [0, 0.05) is 16.8 Å². The van der Waals surface area contributed by atoms with Crippen molar-refractivity contribution in [2.45, 2.75) is 103 Å². The Hall–Kier alpha value is -2.48. The second kappa shape index (κ2) is 6.69. The summed E-state index contributed by atoms with van der Waals surface area (Å²) >= 11 is 0. The second-order valence-corrected chi connectivity index (χ2v) is 14.6. The number of hydrogen-bond acceptors (Lipinski definition) is 1. The molecule has 0 saturated heterocycles. The number of nitrogens with zero attached hydrogens (tertiary/aromatic N) is 1. The number of hydrogen-bond donors (Lipinski definition) is 0. The minimum atomic E-state index is 0.0989. The minimum Gasteiger partial charge on any atom is -0.335 e. The van der Waals surface area contributed by atoms with Gasteiger partial charge in [-0.1, -0.05) is 109 Å². The molecule has 1 nitrogen and oxygen atoms in total. The van der Waals surface area contributed by atoms with E-state index in [9.17, 15) is 0 Å². The van der Waals surface area contributed by atoms with Crippen molar-refractivity contribution in [1.29, 1.82) is 0 Å². The lowest BCUT2D eigenvalue weighted by molar-refractivity contribution is 0.195. The summed E-state index contributed by atoms with van der Waals surface area (Å²) in [5.74, 6) is 0. The number of fused-ring (bicyclic) bond motifs is 8. The van der Waals surface area contributed by atoms with Crippen LogP contribution < -0.4 is 21.3 Å². The van der Waals surface area contributed by atoms with Crippen molar-refractivity contribution in [3.05, 3.63) is 65.2 Å². The van der Waals surface area contributed by atoms with Crippen LogP contribution in [0.25, 0.3) is 11.1 Å². The summed E-state index contributed by atoms with van der Waals surface area (Å²) in [5.41, 5.74) is 15.6. The lowest BCUT2D eigenvalue weighted by atomic mass is 9.37. The van der Waals surface area contributed by atoms with E-state index >= 15 is 0 Å². The molecule has 1 saturated carbocycles. The smallest absolute Gasteiger partial charge is 0.248 e. The van der Waals surface area contributed by atoms with Crippen molar-refractivity contribution in [2.75, 3.05) is 4.90 Å². The molecule has 3 aromatic carbocycles. The molecular weight excluding hydrogens is 433 g/mol. The summed E-state index contributed by atoms with van der Waals surface area (Å²) in [6, 6.07) is 19.7. The molecule has 0 radical (unpaired) electrons. The normalized spacial score (nSPS) is 25.4. The van der Waals surface area contributed by atoms with Gasteiger partial charge in [-0.15, -0.1) is 0 Å². The molecule has 0 bridgehead atoms. The SMILES string of the molecule is CC(C)(C)c1ccc2c(c1)-c1cc(C(C)(C)C)cc3c1B2c1cccc2c1N3C1(C)CCCCC21C. The molecule has 36 heavy (non-hydrogen) atoms. The fraction of sp³-hybridized carbons (Fsp3) is 0.471. The number of rotatable bonds is 0. The van der Waals surface area contributed by atoms with Gasteiger partial charge in [0.05, 0.1) is 5.54 Å². The standard InChI is InChI=1S/C34H40BN/c1-31(2,3)21-14-15-26-23(18-21)24-19-22(32(4,5)6)20-28-29(24)35(26)27-13-11-12-25-30(27)36(28)34(8)17-10-9-16-33(25,34)7/h11-15,18-20H,9-10,16-17H2,1-8H3. The average molecular weight is 474 g/mol. The third-order valence-electron chi connectivity index (χ3n) is 10.5. The van der Waals surface area contributed by atoms with Crippen molar-refractivity contribution >= 4 is 34.5 Å². The topological polar surface area (TPSA) is 3.24 Å². The van der Waals surface area contributed by atoms with E-state index in [1.165, 1.54) is 70.2 Å². The highest BCUT2D eigenvalue weighted by atomic mass is 15.3. The Morgan fingerprint density at radius 2 is 1.44 bits per heavy atom. The second-order valence-electron chi connectivity index (χ2n) is 14.6. The van der Waals surface area contributed by atoms with Crippen LogP contribution in [0, 0.1) is 0 Å². The fourth-order valence-electron chi connectivity index (χ4n) is 8.17. The maximum atomic E-state index is 2.85. The lowest BCUT2D eigenvalue weighted by Crippen LogP contribution is -2.60. The van der Waals surface area contributed by atoms with E-state index in [-0.39, 0.29) is 21.8 Å². The summed E-state index contributed by atoms with van der Waals surface area (Å²) < 4.78 is 0. The van der Waals surface area contributed by atoms with Crippen LogP contribution in [0.1, 0.15) is 97.8 Å². The van der Waals surface area contributed by atoms with Crippen molar-refractivity contribution in [3.8, 4) is 11.1 Å². The van der Waals surface area contributed by atoms with Crippen LogP contribution in [0.15, 0.2) is 48.5 Å². The maximum Gasteiger partial charge on any atom is 0.248 e. The molecule has 2 heteroatoms. The van der Waals surface area contributed by atoms with Gasteiger partial charge in [-0.3, -0.25) is 0 Å². The summed E-state index contributed by atoms with van der Waals surface area (Å²) in [5, 5.41) is 0. The predicted octanol–water partition coefficient (Wildman–Crippen LogP) is 6.83. The molecule has 0 aromatic heterocycles. The highest BCUT2D eigenvalue weighted by Gasteiger charge is 2.61. The van der Waals surface area contributed by atoms with Crippen molar-refractivity contribution < 1.29 is 0 Å². The van der Waals surface area contributed by atoms with Gasteiger partial charge in [-0.25, -0.2) is 0 Å². The largest absolute Gasteiger partial charge is 0.335 e. The highest BCUT2D eigenvalue weighted by Crippen LogP contribution is 2.61. The molecule has 184 valence electrons. The Morgan fingerprint density at radius 1 is 0.750 bits per heavy atom.